The Balaban J connectivity index is 1.69. The number of halogens is 1. The van der Waals surface area contributed by atoms with Crippen molar-refractivity contribution in [2.24, 2.45) is 0 Å². The molecule has 0 radical (unpaired) electrons. The molecule has 1 aliphatic carbocycles. The van der Waals surface area contributed by atoms with Crippen LogP contribution >= 0.6 is 15.9 Å². The molecule has 2 aromatic carbocycles. The Morgan fingerprint density at radius 2 is 1.90 bits per heavy atom. The van der Waals surface area contributed by atoms with Crippen LogP contribution in [0.2, 0.25) is 0 Å². The molecule has 4 heteroatoms. The second-order valence-electron chi connectivity index (χ2n) is 5.32. The standard InChI is InChI=1S/C17H16BrNO2/c18-13-7-5-11(6-8-13)9-16(21)19-17-14-4-2-1-3-12(14)10-15(17)20/h1-8,15,17,20H,9-10H2,(H,19,21). The van der Waals surface area contributed by atoms with Crippen molar-refractivity contribution in [3.8, 4) is 0 Å². The summed E-state index contributed by atoms with van der Waals surface area (Å²) >= 11 is 3.37. The minimum atomic E-state index is -0.545. The Morgan fingerprint density at radius 3 is 2.67 bits per heavy atom. The number of rotatable bonds is 3. The minimum Gasteiger partial charge on any atom is -0.390 e. The van der Waals surface area contributed by atoms with Gasteiger partial charge in [-0.1, -0.05) is 52.3 Å². The highest BCUT2D eigenvalue weighted by Gasteiger charge is 2.31. The average molecular weight is 346 g/mol. The van der Waals surface area contributed by atoms with Gasteiger partial charge < -0.3 is 10.4 Å². The van der Waals surface area contributed by atoms with Crippen LogP contribution < -0.4 is 5.32 Å². The van der Waals surface area contributed by atoms with Crippen LogP contribution in [0.3, 0.4) is 0 Å². The fourth-order valence-corrected chi connectivity index (χ4v) is 3.02. The van der Waals surface area contributed by atoms with Crippen molar-refractivity contribution < 1.29 is 9.90 Å². The maximum absolute atomic E-state index is 12.2. The van der Waals surface area contributed by atoms with Gasteiger partial charge in [0.05, 0.1) is 18.6 Å². The summed E-state index contributed by atoms with van der Waals surface area (Å²) in [6.07, 6.45) is 0.370. The lowest BCUT2D eigenvalue weighted by Crippen LogP contribution is -2.34. The zero-order chi connectivity index (χ0) is 14.8. The molecule has 0 saturated carbocycles. The molecule has 21 heavy (non-hydrogen) atoms. The summed E-state index contributed by atoms with van der Waals surface area (Å²) in [5.74, 6) is -0.0712. The number of amides is 1. The number of nitrogens with one attached hydrogen (secondary N) is 1. The molecule has 2 N–H and O–H groups in total. The van der Waals surface area contributed by atoms with Crippen LogP contribution in [0.25, 0.3) is 0 Å². The lowest BCUT2D eigenvalue weighted by Gasteiger charge is -2.18. The number of aliphatic hydroxyl groups is 1. The normalized spacial score (nSPS) is 20.1. The van der Waals surface area contributed by atoms with E-state index in [1.54, 1.807) is 0 Å². The van der Waals surface area contributed by atoms with Crippen molar-refractivity contribution in [1.82, 2.24) is 5.32 Å². The van der Waals surface area contributed by atoms with Crippen LogP contribution in [0, 0.1) is 0 Å². The number of hydrogen-bond donors (Lipinski definition) is 2. The molecule has 0 fully saturated rings. The summed E-state index contributed by atoms with van der Waals surface area (Å²) in [5, 5.41) is 13.1. The minimum absolute atomic E-state index is 0.0712. The van der Waals surface area contributed by atoms with Crippen molar-refractivity contribution in [2.75, 3.05) is 0 Å². The van der Waals surface area contributed by atoms with E-state index in [0.717, 1.165) is 21.2 Å². The average Bonchev–Trinajstić information content (AvgIpc) is 2.78. The quantitative estimate of drug-likeness (QED) is 0.898. The summed E-state index contributed by atoms with van der Waals surface area (Å²) in [6.45, 7) is 0. The van der Waals surface area contributed by atoms with Crippen molar-refractivity contribution in [1.29, 1.82) is 0 Å². The maximum Gasteiger partial charge on any atom is 0.224 e. The number of fused-ring (bicyclic) bond motifs is 1. The first-order chi connectivity index (χ1) is 10.1. The SMILES string of the molecule is O=C(Cc1ccc(Br)cc1)NC1c2ccccc2CC1O. The highest BCUT2D eigenvalue weighted by atomic mass is 79.9. The van der Waals surface area contributed by atoms with Gasteiger partial charge >= 0.3 is 0 Å². The molecule has 0 saturated heterocycles. The first kappa shape index (κ1) is 14.3. The number of hydrogen-bond acceptors (Lipinski definition) is 2. The van der Waals surface area contributed by atoms with Crippen molar-refractivity contribution >= 4 is 21.8 Å². The van der Waals surface area contributed by atoms with Crippen LogP contribution in [0.5, 0.6) is 0 Å². The molecular formula is C17H16BrNO2. The van der Waals surface area contributed by atoms with E-state index in [0.29, 0.717) is 12.8 Å². The van der Waals surface area contributed by atoms with E-state index in [1.165, 1.54) is 0 Å². The fourth-order valence-electron chi connectivity index (χ4n) is 2.76. The summed E-state index contributed by atoms with van der Waals surface area (Å²) in [7, 11) is 0. The van der Waals surface area contributed by atoms with Gasteiger partial charge in [-0.2, -0.15) is 0 Å². The van der Waals surface area contributed by atoms with E-state index in [4.69, 9.17) is 0 Å². The zero-order valence-corrected chi connectivity index (χ0v) is 13.0. The molecule has 0 aliphatic heterocycles. The Hall–Kier alpha value is -1.65. The van der Waals surface area contributed by atoms with Crippen LogP contribution in [-0.2, 0) is 17.6 Å². The summed E-state index contributed by atoms with van der Waals surface area (Å²) in [5.41, 5.74) is 3.09. The van der Waals surface area contributed by atoms with Crippen LogP contribution in [0.1, 0.15) is 22.7 Å². The number of carbonyl (C=O) groups is 1. The summed E-state index contributed by atoms with van der Waals surface area (Å²) in [4.78, 5) is 12.2. The molecule has 2 unspecified atom stereocenters. The second kappa shape index (κ2) is 6.00. The molecular weight excluding hydrogens is 330 g/mol. The molecule has 0 aromatic heterocycles. The lowest BCUT2D eigenvalue weighted by atomic mass is 10.1. The third-order valence-electron chi connectivity index (χ3n) is 3.80. The smallest absolute Gasteiger partial charge is 0.224 e. The summed E-state index contributed by atoms with van der Waals surface area (Å²) < 4.78 is 0.992. The van der Waals surface area contributed by atoms with Gasteiger partial charge in [0.25, 0.3) is 0 Å². The molecule has 0 bridgehead atoms. The molecule has 3 nitrogen and oxygen atoms in total. The molecule has 0 heterocycles. The molecule has 0 spiro atoms. The van der Waals surface area contributed by atoms with E-state index >= 15 is 0 Å². The maximum atomic E-state index is 12.2. The first-order valence-electron chi connectivity index (χ1n) is 6.93. The number of benzene rings is 2. The highest BCUT2D eigenvalue weighted by Crippen LogP contribution is 2.31. The van der Waals surface area contributed by atoms with Gasteiger partial charge in [0.15, 0.2) is 0 Å². The van der Waals surface area contributed by atoms with Gasteiger partial charge in [-0.05, 0) is 28.8 Å². The van der Waals surface area contributed by atoms with Gasteiger partial charge in [-0.15, -0.1) is 0 Å². The van der Waals surface area contributed by atoms with Gasteiger partial charge in [0, 0.05) is 10.9 Å². The third-order valence-corrected chi connectivity index (χ3v) is 4.33. The zero-order valence-electron chi connectivity index (χ0n) is 11.4. The highest BCUT2D eigenvalue weighted by molar-refractivity contribution is 9.10. The van der Waals surface area contributed by atoms with Crippen LogP contribution in [0.4, 0.5) is 0 Å². The number of carbonyl (C=O) groups excluding carboxylic acids is 1. The fraction of sp³-hybridized carbons (Fsp3) is 0.235. The van der Waals surface area contributed by atoms with E-state index in [-0.39, 0.29) is 11.9 Å². The topological polar surface area (TPSA) is 49.3 Å². The Morgan fingerprint density at radius 1 is 1.19 bits per heavy atom. The van der Waals surface area contributed by atoms with Gasteiger partial charge in [0.1, 0.15) is 0 Å². The molecule has 108 valence electrons. The lowest BCUT2D eigenvalue weighted by molar-refractivity contribution is -0.121. The van der Waals surface area contributed by atoms with E-state index in [2.05, 4.69) is 21.2 Å². The molecule has 2 aromatic rings. The summed E-state index contributed by atoms with van der Waals surface area (Å²) in [6, 6.07) is 15.2. The van der Waals surface area contributed by atoms with Gasteiger partial charge in [-0.3, -0.25) is 4.79 Å². The van der Waals surface area contributed by atoms with Crippen LogP contribution in [0.15, 0.2) is 53.0 Å². The van der Waals surface area contributed by atoms with Crippen molar-refractivity contribution in [3.63, 3.8) is 0 Å². The Bertz CT molecular complexity index is 654. The van der Waals surface area contributed by atoms with E-state index in [1.807, 2.05) is 48.5 Å². The first-order valence-corrected chi connectivity index (χ1v) is 7.72. The third kappa shape index (κ3) is 3.17. The Labute approximate surface area is 132 Å². The van der Waals surface area contributed by atoms with Crippen molar-refractivity contribution in [3.05, 3.63) is 69.7 Å². The van der Waals surface area contributed by atoms with Crippen LogP contribution in [-0.4, -0.2) is 17.1 Å². The predicted octanol–water partition coefficient (Wildman–Crippen LogP) is 2.77. The van der Waals surface area contributed by atoms with E-state index < -0.39 is 6.10 Å². The van der Waals surface area contributed by atoms with E-state index in [9.17, 15) is 9.90 Å². The second-order valence-corrected chi connectivity index (χ2v) is 6.23. The van der Waals surface area contributed by atoms with Gasteiger partial charge in [0.2, 0.25) is 5.91 Å². The number of aliphatic hydroxyl groups excluding tert-OH is 1. The van der Waals surface area contributed by atoms with Gasteiger partial charge in [-0.25, -0.2) is 0 Å². The Kier molecular flexibility index (Phi) is 4.08. The molecule has 3 rings (SSSR count). The largest absolute Gasteiger partial charge is 0.390 e. The monoisotopic (exact) mass is 345 g/mol. The molecule has 1 aliphatic rings. The molecule has 1 amide bonds. The molecule has 2 atom stereocenters. The van der Waals surface area contributed by atoms with Crippen molar-refractivity contribution in [2.45, 2.75) is 25.0 Å². The predicted molar refractivity (Wildman–Crippen MR) is 84.9 cm³/mol.